The molecule has 3 heteroatoms. The number of carbonyl (C=O) groups is 2. The number of carbonyl (C=O) groups excluding carboxylic acids is 2. The van der Waals surface area contributed by atoms with Crippen LogP contribution in [0.5, 0.6) is 0 Å². The van der Waals surface area contributed by atoms with Crippen molar-refractivity contribution in [3.63, 3.8) is 0 Å². The summed E-state index contributed by atoms with van der Waals surface area (Å²) in [4.78, 5) is 25.9. The molecule has 0 spiro atoms. The van der Waals surface area contributed by atoms with Crippen LogP contribution in [0, 0.1) is 0 Å². The van der Waals surface area contributed by atoms with Crippen molar-refractivity contribution in [2.45, 2.75) is 18.8 Å². The number of rotatable bonds is 4. The fourth-order valence-electron chi connectivity index (χ4n) is 2.75. The van der Waals surface area contributed by atoms with Gasteiger partial charge in [-0.15, -0.1) is 0 Å². The van der Waals surface area contributed by atoms with Crippen LogP contribution in [0.3, 0.4) is 0 Å². The number of amides is 2. The lowest BCUT2D eigenvalue weighted by molar-refractivity contribution is -0.138. The standard InChI is InChI=1S/C18H17NO2/c20-17-13-16(15-9-5-2-6-10-15)18(21)19(17)12-11-14-7-3-1-4-8-14/h1-10,16H,11-13H2/t16-/m1/s1. The average Bonchev–Trinajstić information content (AvgIpc) is 2.82. The molecule has 1 fully saturated rings. The molecule has 0 bridgehead atoms. The summed E-state index contributed by atoms with van der Waals surface area (Å²) in [6, 6.07) is 19.5. The molecule has 0 N–H and O–H groups in total. The van der Waals surface area contributed by atoms with E-state index in [4.69, 9.17) is 0 Å². The summed E-state index contributed by atoms with van der Waals surface area (Å²) in [5.74, 6) is -0.443. The Morgan fingerprint density at radius 1 is 0.905 bits per heavy atom. The van der Waals surface area contributed by atoms with E-state index < -0.39 is 0 Å². The summed E-state index contributed by atoms with van der Waals surface area (Å²) in [7, 11) is 0. The Labute approximate surface area is 124 Å². The first-order valence-corrected chi connectivity index (χ1v) is 7.19. The second-order valence-electron chi connectivity index (χ2n) is 5.29. The zero-order chi connectivity index (χ0) is 14.7. The molecule has 3 nitrogen and oxygen atoms in total. The lowest BCUT2D eigenvalue weighted by Gasteiger charge is -2.15. The van der Waals surface area contributed by atoms with E-state index in [9.17, 15) is 9.59 Å². The largest absolute Gasteiger partial charge is 0.282 e. The molecule has 3 rings (SSSR count). The first-order chi connectivity index (χ1) is 10.3. The molecule has 0 aromatic heterocycles. The van der Waals surface area contributed by atoms with Crippen molar-refractivity contribution in [3.8, 4) is 0 Å². The molecule has 0 radical (unpaired) electrons. The van der Waals surface area contributed by atoms with Gasteiger partial charge in [-0.25, -0.2) is 0 Å². The van der Waals surface area contributed by atoms with E-state index in [2.05, 4.69) is 0 Å². The Morgan fingerprint density at radius 2 is 1.52 bits per heavy atom. The maximum Gasteiger partial charge on any atom is 0.237 e. The number of hydrogen-bond acceptors (Lipinski definition) is 2. The minimum atomic E-state index is -0.311. The van der Waals surface area contributed by atoms with Crippen LogP contribution in [0.4, 0.5) is 0 Å². The van der Waals surface area contributed by atoms with E-state index in [0.717, 1.165) is 11.1 Å². The fourth-order valence-corrected chi connectivity index (χ4v) is 2.75. The average molecular weight is 279 g/mol. The van der Waals surface area contributed by atoms with Crippen LogP contribution < -0.4 is 0 Å². The predicted molar refractivity (Wildman–Crippen MR) is 80.7 cm³/mol. The van der Waals surface area contributed by atoms with Gasteiger partial charge in [0.05, 0.1) is 5.92 Å². The number of benzene rings is 2. The van der Waals surface area contributed by atoms with Gasteiger partial charge in [0.1, 0.15) is 0 Å². The van der Waals surface area contributed by atoms with Crippen LogP contribution in [-0.4, -0.2) is 23.3 Å². The molecule has 2 aromatic carbocycles. The highest BCUT2D eigenvalue weighted by Gasteiger charge is 2.38. The van der Waals surface area contributed by atoms with E-state index >= 15 is 0 Å². The van der Waals surface area contributed by atoms with Gasteiger partial charge in [0.15, 0.2) is 0 Å². The van der Waals surface area contributed by atoms with Crippen molar-refractivity contribution >= 4 is 11.8 Å². The maximum absolute atomic E-state index is 12.4. The van der Waals surface area contributed by atoms with Gasteiger partial charge in [-0.2, -0.15) is 0 Å². The molecule has 21 heavy (non-hydrogen) atoms. The van der Waals surface area contributed by atoms with Crippen molar-refractivity contribution in [2.24, 2.45) is 0 Å². The van der Waals surface area contributed by atoms with E-state index in [1.165, 1.54) is 4.90 Å². The summed E-state index contributed by atoms with van der Waals surface area (Å²) in [5, 5.41) is 0. The van der Waals surface area contributed by atoms with Gasteiger partial charge in [0.2, 0.25) is 11.8 Å². The number of hydrogen-bond donors (Lipinski definition) is 0. The van der Waals surface area contributed by atoms with Crippen LogP contribution in [0.25, 0.3) is 0 Å². The Morgan fingerprint density at radius 3 is 2.19 bits per heavy atom. The number of nitrogens with zero attached hydrogens (tertiary/aromatic N) is 1. The monoisotopic (exact) mass is 279 g/mol. The third-order valence-corrected chi connectivity index (χ3v) is 3.91. The summed E-state index contributed by atoms with van der Waals surface area (Å²) < 4.78 is 0. The van der Waals surface area contributed by atoms with Gasteiger partial charge < -0.3 is 0 Å². The van der Waals surface area contributed by atoms with Gasteiger partial charge in [-0.3, -0.25) is 14.5 Å². The molecule has 2 aromatic rings. The second kappa shape index (κ2) is 5.92. The van der Waals surface area contributed by atoms with Crippen LogP contribution in [0.2, 0.25) is 0 Å². The topological polar surface area (TPSA) is 37.4 Å². The third-order valence-electron chi connectivity index (χ3n) is 3.91. The zero-order valence-corrected chi connectivity index (χ0v) is 11.7. The van der Waals surface area contributed by atoms with Crippen molar-refractivity contribution in [3.05, 3.63) is 71.8 Å². The smallest absolute Gasteiger partial charge is 0.237 e. The molecule has 0 aliphatic carbocycles. The molecule has 2 amide bonds. The predicted octanol–water partition coefficient (Wildman–Crippen LogP) is 2.77. The zero-order valence-electron chi connectivity index (χ0n) is 11.7. The molecule has 1 aliphatic rings. The molecule has 0 saturated carbocycles. The number of imide groups is 1. The van der Waals surface area contributed by atoms with E-state index in [-0.39, 0.29) is 24.2 Å². The van der Waals surface area contributed by atoms with Crippen molar-refractivity contribution in [1.82, 2.24) is 4.90 Å². The van der Waals surface area contributed by atoms with E-state index in [1.54, 1.807) is 0 Å². The molecule has 0 unspecified atom stereocenters. The Bertz CT molecular complexity index is 637. The van der Waals surface area contributed by atoms with Gasteiger partial charge in [0.25, 0.3) is 0 Å². The summed E-state index contributed by atoms with van der Waals surface area (Å²) in [5.41, 5.74) is 2.07. The Hall–Kier alpha value is -2.42. The molecule has 1 atom stereocenters. The van der Waals surface area contributed by atoms with Crippen LogP contribution in [0.15, 0.2) is 60.7 Å². The maximum atomic E-state index is 12.4. The van der Waals surface area contributed by atoms with Crippen LogP contribution >= 0.6 is 0 Å². The summed E-state index contributed by atoms with van der Waals surface area (Å²) in [6.07, 6.45) is 0.997. The number of likely N-dealkylation sites (tertiary alicyclic amines) is 1. The molecular weight excluding hydrogens is 262 g/mol. The summed E-state index contributed by atoms with van der Waals surface area (Å²) >= 11 is 0. The molecule has 1 aliphatic heterocycles. The lowest BCUT2D eigenvalue weighted by atomic mass is 9.98. The van der Waals surface area contributed by atoms with Crippen LogP contribution in [-0.2, 0) is 16.0 Å². The second-order valence-corrected chi connectivity index (χ2v) is 5.29. The molecule has 1 heterocycles. The van der Waals surface area contributed by atoms with Gasteiger partial charge in [0, 0.05) is 13.0 Å². The SMILES string of the molecule is O=C1C[C@H](c2ccccc2)C(=O)N1CCc1ccccc1. The first kappa shape index (κ1) is 13.6. The van der Waals surface area contributed by atoms with Crippen molar-refractivity contribution in [2.75, 3.05) is 6.54 Å². The van der Waals surface area contributed by atoms with Crippen molar-refractivity contribution in [1.29, 1.82) is 0 Å². The molecular formula is C18H17NO2. The highest BCUT2D eigenvalue weighted by molar-refractivity contribution is 6.06. The molecule has 1 saturated heterocycles. The van der Waals surface area contributed by atoms with Gasteiger partial charge in [-0.1, -0.05) is 60.7 Å². The quantitative estimate of drug-likeness (QED) is 0.807. The Kier molecular flexibility index (Phi) is 3.82. The van der Waals surface area contributed by atoms with Crippen molar-refractivity contribution < 1.29 is 9.59 Å². The normalized spacial score (nSPS) is 18.3. The first-order valence-electron chi connectivity index (χ1n) is 7.19. The highest BCUT2D eigenvalue weighted by atomic mass is 16.2. The third kappa shape index (κ3) is 2.87. The molecule has 106 valence electrons. The summed E-state index contributed by atoms with van der Waals surface area (Å²) in [6.45, 7) is 0.463. The fraction of sp³-hybridized carbons (Fsp3) is 0.222. The van der Waals surface area contributed by atoms with E-state index in [1.807, 2.05) is 60.7 Å². The minimum Gasteiger partial charge on any atom is -0.282 e. The van der Waals surface area contributed by atoms with Gasteiger partial charge in [-0.05, 0) is 17.5 Å². The van der Waals surface area contributed by atoms with E-state index in [0.29, 0.717) is 13.0 Å². The Balaban J connectivity index is 1.70. The highest BCUT2D eigenvalue weighted by Crippen LogP contribution is 2.29. The van der Waals surface area contributed by atoms with Crippen LogP contribution in [0.1, 0.15) is 23.5 Å². The minimum absolute atomic E-state index is 0.0650. The lowest BCUT2D eigenvalue weighted by Crippen LogP contribution is -2.32. The van der Waals surface area contributed by atoms with Gasteiger partial charge >= 0.3 is 0 Å².